The molecular formula is C9H17O7P. The minimum absolute atomic E-state index is 0.0438. The van der Waals surface area contributed by atoms with E-state index < -0.39 is 25.2 Å². The van der Waals surface area contributed by atoms with E-state index in [1.54, 1.807) is 13.8 Å². The van der Waals surface area contributed by atoms with E-state index in [1.165, 1.54) is 0 Å². The molecule has 0 fully saturated rings. The summed E-state index contributed by atoms with van der Waals surface area (Å²) in [6, 6.07) is 0. The maximum Gasteiger partial charge on any atom is 0.355 e. The van der Waals surface area contributed by atoms with Gasteiger partial charge in [-0.25, -0.2) is 0 Å². The third-order valence-electron chi connectivity index (χ3n) is 1.84. The maximum absolute atomic E-state index is 12.0. The predicted molar refractivity (Wildman–Crippen MR) is 58.7 cm³/mol. The molecule has 0 aromatic rings. The van der Waals surface area contributed by atoms with E-state index in [2.05, 4.69) is 18.5 Å². The lowest BCUT2D eigenvalue weighted by Crippen LogP contribution is -2.34. The van der Waals surface area contributed by atoms with Gasteiger partial charge in [0.1, 0.15) is 0 Å². The summed E-state index contributed by atoms with van der Waals surface area (Å²) in [5.74, 6) is -1.98. The highest BCUT2D eigenvalue weighted by molar-refractivity contribution is 7.56. The molecular weight excluding hydrogens is 251 g/mol. The fourth-order valence-electron chi connectivity index (χ4n) is 1.08. The third kappa shape index (κ3) is 4.11. The highest BCUT2D eigenvalue weighted by Gasteiger charge is 2.48. The lowest BCUT2D eigenvalue weighted by Gasteiger charge is -2.20. The van der Waals surface area contributed by atoms with Crippen molar-refractivity contribution in [2.75, 3.05) is 27.4 Å². The largest absolute Gasteiger partial charge is 0.465 e. The van der Waals surface area contributed by atoms with Gasteiger partial charge in [-0.05, 0) is 13.8 Å². The molecule has 0 amide bonds. The van der Waals surface area contributed by atoms with Gasteiger partial charge in [0.05, 0.1) is 13.2 Å². The van der Waals surface area contributed by atoms with Crippen molar-refractivity contribution in [3.63, 3.8) is 0 Å². The first kappa shape index (κ1) is 16.1. The van der Waals surface area contributed by atoms with E-state index in [9.17, 15) is 14.2 Å². The quantitative estimate of drug-likeness (QED) is 0.386. The van der Waals surface area contributed by atoms with Crippen LogP contribution in [0.15, 0.2) is 0 Å². The molecule has 17 heavy (non-hydrogen) atoms. The van der Waals surface area contributed by atoms with E-state index in [4.69, 9.17) is 0 Å². The summed E-state index contributed by atoms with van der Waals surface area (Å²) in [4.78, 5) is 23.1. The van der Waals surface area contributed by atoms with Crippen LogP contribution in [0.25, 0.3) is 0 Å². The van der Waals surface area contributed by atoms with Gasteiger partial charge >= 0.3 is 19.5 Å². The Bertz CT molecular complexity index is 288. The zero-order valence-corrected chi connectivity index (χ0v) is 11.2. The first-order chi connectivity index (χ1) is 7.96. The molecule has 100 valence electrons. The van der Waals surface area contributed by atoms with E-state index in [-0.39, 0.29) is 13.2 Å². The summed E-state index contributed by atoms with van der Waals surface area (Å²) >= 11 is 0. The SMILES string of the molecule is CCOC(=O)C(C(=O)OCC)P(=O)(OC)OC. The molecule has 0 atom stereocenters. The molecule has 0 radical (unpaired) electrons. The number of carbonyl (C=O) groups is 2. The molecule has 0 saturated carbocycles. The van der Waals surface area contributed by atoms with Crippen LogP contribution in [-0.4, -0.2) is 45.0 Å². The standard InChI is InChI=1S/C9H17O7P/c1-5-15-8(10)7(9(11)16-6-2)17(12,13-3)14-4/h7H,5-6H2,1-4H3. The zero-order chi connectivity index (χ0) is 13.5. The van der Waals surface area contributed by atoms with Gasteiger partial charge in [0.2, 0.25) is 0 Å². The van der Waals surface area contributed by atoms with Crippen molar-refractivity contribution in [1.29, 1.82) is 0 Å². The van der Waals surface area contributed by atoms with Crippen molar-refractivity contribution < 1.29 is 32.7 Å². The number of carbonyl (C=O) groups excluding carboxylic acids is 2. The number of esters is 2. The van der Waals surface area contributed by atoms with Gasteiger partial charge in [0, 0.05) is 14.2 Å². The fraction of sp³-hybridized carbons (Fsp3) is 0.778. The van der Waals surface area contributed by atoms with Crippen molar-refractivity contribution in [3.8, 4) is 0 Å². The third-order valence-corrected chi connectivity index (χ3v) is 3.92. The molecule has 0 unspecified atom stereocenters. The molecule has 0 aromatic heterocycles. The van der Waals surface area contributed by atoms with Crippen molar-refractivity contribution in [2.45, 2.75) is 19.5 Å². The first-order valence-electron chi connectivity index (χ1n) is 5.01. The van der Waals surface area contributed by atoms with Crippen LogP contribution in [0.1, 0.15) is 13.8 Å². The van der Waals surface area contributed by atoms with E-state index in [0.29, 0.717) is 0 Å². The Hall–Kier alpha value is -0.910. The van der Waals surface area contributed by atoms with Crippen LogP contribution in [0.3, 0.4) is 0 Å². The van der Waals surface area contributed by atoms with Gasteiger partial charge in [0.15, 0.2) is 0 Å². The molecule has 0 rings (SSSR count). The first-order valence-corrected chi connectivity index (χ1v) is 6.62. The molecule has 0 saturated heterocycles. The van der Waals surface area contributed by atoms with Crippen LogP contribution in [0.5, 0.6) is 0 Å². The van der Waals surface area contributed by atoms with E-state index >= 15 is 0 Å². The lowest BCUT2D eigenvalue weighted by molar-refractivity contribution is -0.153. The minimum Gasteiger partial charge on any atom is -0.465 e. The Balaban J connectivity index is 5.16. The Morgan fingerprint density at radius 2 is 1.35 bits per heavy atom. The van der Waals surface area contributed by atoms with Crippen LogP contribution in [-0.2, 0) is 32.7 Å². The molecule has 0 aromatic carbocycles. The summed E-state index contributed by atoms with van der Waals surface area (Å²) in [6.45, 7) is 3.21. The molecule has 0 spiro atoms. The molecule has 0 aliphatic rings. The van der Waals surface area contributed by atoms with Crippen molar-refractivity contribution >= 4 is 19.5 Å². The second-order valence-corrected chi connectivity index (χ2v) is 5.14. The van der Waals surface area contributed by atoms with Crippen molar-refractivity contribution in [3.05, 3.63) is 0 Å². The summed E-state index contributed by atoms with van der Waals surface area (Å²) in [5.41, 5.74) is -1.71. The van der Waals surface area contributed by atoms with Crippen LogP contribution in [0.2, 0.25) is 0 Å². The van der Waals surface area contributed by atoms with Gasteiger partial charge in [0.25, 0.3) is 5.66 Å². The molecule has 8 heteroatoms. The lowest BCUT2D eigenvalue weighted by atomic mass is 10.4. The van der Waals surface area contributed by atoms with Crippen LogP contribution in [0, 0.1) is 0 Å². The van der Waals surface area contributed by atoms with Crippen LogP contribution in [0.4, 0.5) is 0 Å². The number of hydrogen-bond acceptors (Lipinski definition) is 7. The van der Waals surface area contributed by atoms with Gasteiger partial charge in [-0.15, -0.1) is 0 Å². The van der Waals surface area contributed by atoms with Gasteiger partial charge in [-0.1, -0.05) is 0 Å². The topological polar surface area (TPSA) is 88.1 Å². The summed E-state index contributed by atoms with van der Waals surface area (Å²) in [6.07, 6.45) is 0. The molecule has 0 aliphatic heterocycles. The average Bonchev–Trinajstić information content (AvgIpc) is 2.29. The second-order valence-electron chi connectivity index (χ2n) is 2.81. The Labute approximate surface area is 99.9 Å². The van der Waals surface area contributed by atoms with Gasteiger partial charge in [-0.2, -0.15) is 0 Å². The molecule has 0 heterocycles. The van der Waals surface area contributed by atoms with Crippen molar-refractivity contribution in [2.24, 2.45) is 0 Å². The smallest absolute Gasteiger partial charge is 0.355 e. The highest BCUT2D eigenvalue weighted by atomic mass is 31.2. The Morgan fingerprint density at radius 3 is 1.59 bits per heavy atom. The van der Waals surface area contributed by atoms with Gasteiger partial charge in [-0.3, -0.25) is 14.2 Å². The second kappa shape index (κ2) is 7.42. The summed E-state index contributed by atoms with van der Waals surface area (Å²) in [7, 11) is -1.75. The molecule has 0 aliphatic carbocycles. The molecule has 7 nitrogen and oxygen atoms in total. The Morgan fingerprint density at radius 1 is 1.00 bits per heavy atom. The minimum atomic E-state index is -3.91. The van der Waals surface area contributed by atoms with Crippen LogP contribution < -0.4 is 0 Å². The summed E-state index contributed by atoms with van der Waals surface area (Å²) < 4.78 is 30.6. The maximum atomic E-state index is 12.0. The highest BCUT2D eigenvalue weighted by Crippen LogP contribution is 2.52. The molecule has 0 N–H and O–H groups in total. The monoisotopic (exact) mass is 268 g/mol. The normalized spacial score (nSPS) is 11.4. The van der Waals surface area contributed by atoms with Gasteiger partial charge < -0.3 is 18.5 Å². The average molecular weight is 268 g/mol. The van der Waals surface area contributed by atoms with E-state index in [1.807, 2.05) is 0 Å². The van der Waals surface area contributed by atoms with E-state index in [0.717, 1.165) is 14.2 Å². The van der Waals surface area contributed by atoms with Crippen molar-refractivity contribution in [1.82, 2.24) is 0 Å². The number of ether oxygens (including phenoxy) is 2. The summed E-state index contributed by atoms with van der Waals surface area (Å²) in [5, 5.41) is 0. The number of rotatable bonds is 7. The zero-order valence-electron chi connectivity index (χ0n) is 10.3. The number of hydrogen-bond donors (Lipinski definition) is 0. The Kier molecular flexibility index (Phi) is 7.03. The van der Waals surface area contributed by atoms with Crippen LogP contribution >= 0.6 is 7.60 Å². The fourth-order valence-corrected chi connectivity index (χ4v) is 2.32. The molecule has 0 bridgehead atoms. The predicted octanol–water partition coefficient (Wildman–Crippen LogP) is 0.967.